The van der Waals surface area contributed by atoms with Crippen molar-refractivity contribution in [1.82, 2.24) is 0 Å². The van der Waals surface area contributed by atoms with E-state index in [1.165, 1.54) is 225 Å². The molecule has 0 rings (SSSR count). The lowest BCUT2D eigenvalue weighted by Crippen LogP contribution is -2.30. The largest absolute Gasteiger partial charge is 0.462 e. The van der Waals surface area contributed by atoms with Gasteiger partial charge < -0.3 is 14.2 Å². The number of ether oxygens (including phenoxy) is 3. The summed E-state index contributed by atoms with van der Waals surface area (Å²) in [6.45, 7) is 6.59. The average Bonchev–Trinajstić information content (AvgIpc) is 3.44. The molecule has 0 heterocycles. The molecule has 0 aliphatic carbocycles. The number of allylic oxidation sites excluding steroid dienone is 10. The number of hydrogen-bond acceptors (Lipinski definition) is 6. The minimum absolute atomic E-state index is 0.0797. The maximum Gasteiger partial charge on any atom is 0.306 e. The van der Waals surface area contributed by atoms with Crippen LogP contribution in [0.25, 0.3) is 0 Å². The highest BCUT2D eigenvalue weighted by Crippen LogP contribution is 2.17. The van der Waals surface area contributed by atoms with E-state index >= 15 is 0 Å². The second-order valence-electron chi connectivity index (χ2n) is 23.1. The van der Waals surface area contributed by atoms with Crippen LogP contribution < -0.4 is 0 Å². The molecule has 0 N–H and O–H groups in total. The fourth-order valence-electron chi connectivity index (χ4n) is 10.0. The Morgan fingerprint density at radius 3 is 0.782 bits per heavy atom. The third-order valence-corrected chi connectivity index (χ3v) is 15.2. The summed E-state index contributed by atoms with van der Waals surface area (Å²) in [4.78, 5) is 38.3. The van der Waals surface area contributed by atoms with E-state index in [1.54, 1.807) is 0 Å². The van der Waals surface area contributed by atoms with Crippen molar-refractivity contribution in [3.8, 4) is 0 Å². The molecule has 0 fully saturated rings. The summed E-state index contributed by atoms with van der Waals surface area (Å²) < 4.78 is 16.9. The fourth-order valence-corrected chi connectivity index (χ4v) is 10.0. The van der Waals surface area contributed by atoms with Gasteiger partial charge in [-0.1, -0.05) is 300 Å². The molecule has 0 aromatic carbocycles. The van der Waals surface area contributed by atoms with Gasteiger partial charge in [-0.3, -0.25) is 14.4 Å². The van der Waals surface area contributed by atoms with Crippen molar-refractivity contribution in [1.29, 1.82) is 0 Å². The van der Waals surface area contributed by atoms with Gasteiger partial charge in [0.25, 0.3) is 0 Å². The minimum Gasteiger partial charge on any atom is -0.462 e. The van der Waals surface area contributed by atoms with Crippen molar-refractivity contribution >= 4 is 17.9 Å². The van der Waals surface area contributed by atoms with Gasteiger partial charge in [-0.15, -0.1) is 0 Å². The average molecular weight is 1090 g/mol. The Morgan fingerprint density at radius 2 is 0.487 bits per heavy atom. The first-order chi connectivity index (χ1) is 38.5. The number of unbranched alkanes of at least 4 members (excludes halogenated alkanes) is 42. The summed E-state index contributed by atoms with van der Waals surface area (Å²) in [5, 5.41) is 0. The normalized spacial score (nSPS) is 12.4. The highest BCUT2D eigenvalue weighted by molar-refractivity contribution is 5.71. The monoisotopic (exact) mass is 1090 g/mol. The van der Waals surface area contributed by atoms with E-state index in [-0.39, 0.29) is 31.1 Å². The Bertz CT molecular complexity index is 1390. The second kappa shape index (κ2) is 66.6. The van der Waals surface area contributed by atoms with Crippen LogP contribution in [0.3, 0.4) is 0 Å². The lowest BCUT2D eigenvalue weighted by molar-refractivity contribution is -0.167. The first-order valence-corrected chi connectivity index (χ1v) is 34.3. The van der Waals surface area contributed by atoms with Crippen LogP contribution in [0.2, 0.25) is 0 Å². The van der Waals surface area contributed by atoms with Gasteiger partial charge in [-0.2, -0.15) is 0 Å². The maximum absolute atomic E-state index is 12.9. The number of hydrogen-bond donors (Lipinski definition) is 0. The molecular formula is C72H130O6. The summed E-state index contributed by atoms with van der Waals surface area (Å²) in [6, 6.07) is 0. The third-order valence-electron chi connectivity index (χ3n) is 15.2. The van der Waals surface area contributed by atoms with E-state index in [9.17, 15) is 14.4 Å². The highest BCUT2D eigenvalue weighted by Gasteiger charge is 2.19. The van der Waals surface area contributed by atoms with E-state index in [0.29, 0.717) is 19.3 Å². The van der Waals surface area contributed by atoms with Crippen LogP contribution >= 0.6 is 0 Å². The van der Waals surface area contributed by atoms with E-state index in [2.05, 4.69) is 81.5 Å². The van der Waals surface area contributed by atoms with Crippen molar-refractivity contribution in [3.63, 3.8) is 0 Å². The van der Waals surface area contributed by atoms with Gasteiger partial charge in [-0.05, 0) is 103 Å². The minimum atomic E-state index is -0.784. The van der Waals surface area contributed by atoms with E-state index in [4.69, 9.17) is 14.2 Å². The predicted molar refractivity (Wildman–Crippen MR) is 339 cm³/mol. The van der Waals surface area contributed by atoms with Crippen LogP contribution in [-0.2, 0) is 28.6 Å². The lowest BCUT2D eigenvalue weighted by Gasteiger charge is -2.18. The van der Waals surface area contributed by atoms with Crippen molar-refractivity contribution < 1.29 is 28.6 Å². The first-order valence-electron chi connectivity index (χ1n) is 34.3. The second-order valence-corrected chi connectivity index (χ2v) is 23.1. The summed E-state index contributed by atoms with van der Waals surface area (Å²) >= 11 is 0. The topological polar surface area (TPSA) is 78.9 Å². The smallest absolute Gasteiger partial charge is 0.306 e. The van der Waals surface area contributed by atoms with Crippen LogP contribution in [0.4, 0.5) is 0 Å². The molecule has 0 saturated carbocycles. The molecule has 0 bridgehead atoms. The number of esters is 3. The molecule has 0 saturated heterocycles. The van der Waals surface area contributed by atoms with Gasteiger partial charge in [0.1, 0.15) is 13.2 Å². The zero-order valence-corrected chi connectivity index (χ0v) is 52.2. The SMILES string of the molecule is CCC/C=C\CCCCCCCC(=O)OCC(COC(=O)CCCCCCCCCCCCCCCCCCC/C=C\CCCCCCCCCC)OC(=O)CCCCCCCC/C=C\C/C=C\C/C=C\CCCCCCC. The summed E-state index contributed by atoms with van der Waals surface area (Å²) in [5.74, 6) is -0.886. The summed E-state index contributed by atoms with van der Waals surface area (Å²) in [7, 11) is 0. The molecule has 454 valence electrons. The van der Waals surface area contributed by atoms with E-state index < -0.39 is 6.10 Å². The molecule has 0 aromatic heterocycles. The van der Waals surface area contributed by atoms with Gasteiger partial charge in [-0.25, -0.2) is 0 Å². The molecule has 6 nitrogen and oxygen atoms in total. The first kappa shape index (κ1) is 75.1. The van der Waals surface area contributed by atoms with Crippen LogP contribution in [0, 0.1) is 0 Å². The molecule has 0 aliphatic heterocycles. The third kappa shape index (κ3) is 63.9. The molecule has 0 spiro atoms. The number of carbonyl (C=O) groups excluding carboxylic acids is 3. The molecule has 78 heavy (non-hydrogen) atoms. The van der Waals surface area contributed by atoms with E-state index in [1.807, 2.05) is 0 Å². The van der Waals surface area contributed by atoms with Crippen molar-refractivity contribution in [2.24, 2.45) is 0 Å². The summed E-state index contributed by atoms with van der Waals surface area (Å²) in [6.07, 6.45) is 85.5. The van der Waals surface area contributed by atoms with Crippen LogP contribution in [0.5, 0.6) is 0 Å². The molecule has 1 atom stereocenters. The Balaban J connectivity index is 4.17. The fraction of sp³-hybridized carbons (Fsp3) is 0.819. The quantitative estimate of drug-likeness (QED) is 0.0261. The van der Waals surface area contributed by atoms with Crippen LogP contribution in [0.15, 0.2) is 60.8 Å². The Hall–Kier alpha value is -2.89. The van der Waals surface area contributed by atoms with Crippen molar-refractivity contribution in [3.05, 3.63) is 60.8 Å². The molecule has 0 amide bonds. The predicted octanol–water partition coefficient (Wildman–Crippen LogP) is 23.5. The maximum atomic E-state index is 12.9. The molecular weight excluding hydrogens is 961 g/mol. The molecule has 0 aromatic rings. The highest BCUT2D eigenvalue weighted by atomic mass is 16.6. The van der Waals surface area contributed by atoms with Gasteiger partial charge in [0.15, 0.2) is 6.10 Å². The Kier molecular flexibility index (Phi) is 64.2. The standard InChI is InChI=1S/C72H130O6/c1-4-7-10-13-16-19-22-24-26-28-30-32-33-34-35-36-37-38-39-41-42-44-46-48-50-53-56-59-62-65-71(74)77-68-69(67-76-70(73)64-61-58-55-52-21-18-15-12-9-6-3)78-72(75)66-63-60-57-54-51-49-47-45-43-40-31-29-27-25-23-20-17-14-11-8-5-2/h12,15,23,25,28-31,43,45,69H,4-11,13-14,16-22,24,26-27,32-42,44,46-68H2,1-3H3/b15-12-,25-23-,30-28-,31-29-,45-43-. The molecule has 0 radical (unpaired) electrons. The van der Waals surface area contributed by atoms with Gasteiger partial charge in [0.05, 0.1) is 0 Å². The Labute approximate surface area is 485 Å². The van der Waals surface area contributed by atoms with Gasteiger partial charge >= 0.3 is 17.9 Å². The zero-order valence-electron chi connectivity index (χ0n) is 52.2. The molecule has 0 aliphatic rings. The summed E-state index contributed by atoms with van der Waals surface area (Å²) in [5.41, 5.74) is 0. The number of carbonyl (C=O) groups is 3. The van der Waals surface area contributed by atoms with Gasteiger partial charge in [0.2, 0.25) is 0 Å². The molecule has 1 unspecified atom stereocenters. The molecule has 6 heteroatoms. The van der Waals surface area contributed by atoms with Crippen molar-refractivity contribution in [2.45, 2.75) is 367 Å². The Morgan fingerprint density at radius 1 is 0.256 bits per heavy atom. The number of rotatable bonds is 63. The van der Waals surface area contributed by atoms with Crippen LogP contribution in [-0.4, -0.2) is 37.2 Å². The van der Waals surface area contributed by atoms with Crippen LogP contribution in [0.1, 0.15) is 361 Å². The lowest BCUT2D eigenvalue weighted by atomic mass is 10.0. The zero-order chi connectivity index (χ0) is 56.4. The van der Waals surface area contributed by atoms with E-state index in [0.717, 1.165) is 96.3 Å². The van der Waals surface area contributed by atoms with Crippen molar-refractivity contribution in [2.75, 3.05) is 13.2 Å². The van der Waals surface area contributed by atoms with Gasteiger partial charge in [0, 0.05) is 19.3 Å².